The summed E-state index contributed by atoms with van der Waals surface area (Å²) in [5.41, 5.74) is 3.47. The summed E-state index contributed by atoms with van der Waals surface area (Å²) in [6.45, 7) is 4.98. The summed E-state index contributed by atoms with van der Waals surface area (Å²) in [4.78, 5) is 13.8. The number of carbonyl (C=O) groups excluding carboxylic acids is 1. The van der Waals surface area contributed by atoms with E-state index >= 15 is 0 Å². The third-order valence-electron chi connectivity index (χ3n) is 2.94. The summed E-state index contributed by atoms with van der Waals surface area (Å²) in [6, 6.07) is 6.30. The molecule has 1 atom stereocenters. The molecule has 1 fully saturated rings. The van der Waals surface area contributed by atoms with Gasteiger partial charge in [0, 0.05) is 24.0 Å². The first-order chi connectivity index (χ1) is 7.60. The molecule has 1 aromatic carbocycles. The first kappa shape index (κ1) is 11.6. The molecule has 1 amide bonds. The Labute approximate surface area is 105 Å². The smallest absolute Gasteiger partial charge is 0.227 e. The van der Waals surface area contributed by atoms with Gasteiger partial charge in [-0.25, -0.2) is 0 Å². The van der Waals surface area contributed by atoms with Crippen molar-refractivity contribution in [3.63, 3.8) is 0 Å². The van der Waals surface area contributed by atoms with E-state index in [4.69, 9.17) is 0 Å². The minimum Gasteiger partial charge on any atom is -0.312 e. The van der Waals surface area contributed by atoms with Crippen LogP contribution in [0.15, 0.2) is 18.2 Å². The molecular weight excluding hydrogens is 266 g/mol. The van der Waals surface area contributed by atoms with Crippen molar-refractivity contribution in [2.45, 2.75) is 20.3 Å². The summed E-state index contributed by atoms with van der Waals surface area (Å²) >= 11 is 3.45. The van der Waals surface area contributed by atoms with E-state index in [1.165, 1.54) is 11.1 Å². The summed E-state index contributed by atoms with van der Waals surface area (Å²) in [5, 5.41) is 0.903. The predicted molar refractivity (Wildman–Crippen MR) is 70.2 cm³/mol. The molecule has 86 valence electrons. The molecule has 1 aromatic rings. The van der Waals surface area contributed by atoms with Crippen molar-refractivity contribution in [2.75, 3.05) is 16.8 Å². The lowest BCUT2D eigenvalue weighted by atomic mass is 10.1. The summed E-state index contributed by atoms with van der Waals surface area (Å²) in [6.07, 6.45) is 0.665. The SMILES string of the molecule is Cc1cc(C)cc(N2CC(CBr)CC2=O)c1. The Hall–Kier alpha value is -0.830. The number of aryl methyl sites for hydroxylation is 2. The van der Waals surface area contributed by atoms with Gasteiger partial charge in [0.1, 0.15) is 0 Å². The van der Waals surface area contributed by atoms with Crippen LogP contribution in [0.1, 0.15) is 17.5 Å². The second kappa shape index (κ2) is 4.58. The molecule has 1 aliphatic rings. The molecule has 0 bridgehead atoms. The van der Waals surface area contributed by atoms with Gasteiger partial charge in [-0.2, -0.15) is 0 Å². The van der Waals surface area contributed by atoms with Crippen molar-refractivity contribution in [3.05, 3.63) is 29.3 Å². The maximum absolute atomic E-state index is 11.9. The highest BCUT2D eigenvalue weighted by molar-refractivity contribution is 9.09. The number of hydrogen-bond donors (Lipinski definition) is 0. The first-order valence-corrected chi connectivity index (χ1v) is 6.67. The van der Waals surface area contributed by atoms with E-state index in [-0.39, 0.29) is 5.91 Å². The van der Waals surface area contributed by atoms with Gasteiger partial charge < -0.3 is 4.90 Å². The van der Waals surface area contributed by atoms with Gasteiger partial charge in [-0.05, 0) is 43.0 Å². The maximum Gasteiger partial charge on any atom is 0.227 e. The Bertz CT molecular complexity index is 396. The molecular formula is C13H16BrNO. The fourth-order valence-corrected chi connectivity index (χ4v) is 2.67. The second-order valence-electron chi connectivity index (χ2n) is 4.57. The molecule has 0 saturated carbocycles. The van der Waals surface area contributed by atoms with Crippen LogP contribution in [0.3, 0.4) is 0 Å². The van der Waals surface area contributed by atoms with Crippen molar-refractivity contribution in [2.24, 2.45) is 5.92 Å². The van der Waals surface area contributed by atoms with Crippen LogP contribution in [0.4, 0.5) is 5.69 Å². The number of nitrogens with zero attached hydrogens (tertiary/aromatic N) is 1. The Morgan fingerprint density at radius 3 is 2.44 bits per heavy atom. The minimum absolute atomic E-state index is 0.245. The van der Waals surface area contributed by atoms with Crippen molar-refractivity contribution in [1.29, 1.82) is 0 Å². The monoisotopic (exact) mass is 281 g/mol. The van der Waals surface area contributed by atoms with Crippen LogP contribution in [-0.2, 0) is 4.79 Å². The van der Waals surface area contributed by atoms with E-state index in [1.54, 1.807) is 0 Å². The number of carbonyl (C=O) groups is 1. The van der Waals surface area contributed by atoms with Gasteiger partial charge in [0.15, 0.2) is 0 Å². The molecule has 1 aliphatic heterocycles. The quantitative estimate of drug-likeness (QED) is 0.763. The van der Waals surface area contributed by atoms with Gasteiger partial charge in [-0.15, -0.1) is 0 Å². The molecule has 0 N–H and O–H groups in total. The van der Waals surface area contributed by atoms with Crippen LogP contribution in [0, 0.1) is 19.8 Å². The Balaban J connectivity index is 2.27. The van der Waals surface area contributed by atoms with Gasteiger partial charge in [0.2, 0.25) is 5.91 Å². The van der Waals surface area contributed by atoms with Crippen molar-refractivity contribution in [1.82, 2.24) is 0 Å². The van der Waals surface area contributed by atoms with Crippen LogP contribution < -0.4 is 4.90 Å². The van der Waals surface area contributed by atoms with Crippen molar-refractivity contribution in [3.8, 4) is 0 Å². The average Bonchev–Trinajstić information content (AvgIpc) is 2.58. The van der Waals surface area contributed by atoms with Crippen LogP contribution in [0.2, 0.25) is 0 Å². The van der Waals surface area contributed by atoms with Gasteiger partial charge in [-0.3, -0.25) is 4.79 Å². The molecule has 2 rings (SSSR count). The Kier molecular flexibility index (Phi) is 3.33. The molecule has 0 radical (unpaired) electrons. The lowest BCUT2D eigenvalue weighted by molar-refractivity contribution is -0.117. The number of rotatable bonds is 2. The molecule has 2 nitrogen and oxygen atoms in total. The fourth-order valence-electron chi connectivity index (χ4n) is 2.24. The van der Waals surface area contributed by atoms with E-state index in [2.05, 4.69) is 48.0 Å². The number of amides is 1. The van der Waals surface area contributed by atoms with Crippen LogP contribution in [-0.4, -0.2) is 17.8 Å². The molecule has 1 saturated heterocycles. The molecule has 1 heterocycles. The standard InChI is InChI=1S/C13H16BrNO/c1-9-3-10(2)5-12(4-9)15-8-11(7-14)6-13(15)16/h3-5,11H,6-8H2,1-2H3. The van der Waals surface area contributed by atoms with E-state index in [9.17, 15) is 4.79 Å². The van der Waals surface area contributed by atoms with Gasteiger partial charge in [-0.1, -0.05) is 22.0 Å². The van der Waals surface area contributed by atoms with Crippen molar-refractivity contribution < 1.29 is 4.79 Å². The number of anilines is 1. The maximum atomic E-state index is 11.9. The summed E-state index contributed by atoms with van der Waals surface area (Å²) < 4.78 is 0. The zero-order valence-electron chi connectivity index (χ0n) is 9.66. The fraction of sp³-hybridized carbons (Fsp3) is 0.462. The molecule has 0 spiro atoms. The lowest BCUT2D eigenvalue weighted by Crippen LogP contribution is -2.24. The minimum atomic E-state index is 0.245. The molecule has 0 aromatic heterocycles. The average molecular weight is 282 g/mol. The van der Waals surface area contributed by atoms with E-state index in [0.29, 0.717) is 12.3 Å². The van der Waals surface area contributed by atoms with Crippen LogP contribution >= 0.6 is 15.9 Å². The molecule has 0 aliphatic carbocycles. The van der Waals surface area contributed by atoms with Gasteiger partial charge in [0.25, 0.3) is 0 Å². The van der Waals surface area contributed by atoms with Gasteiger partial charge in [0.05, 0.1) is 0 Å². The second-order valence-corrected chi connectivity index (χ2v) is 5.22. The zero-order chi connectivity index (χ0) is 11.7. The largest absolute Gasteiger partial charge is 0.312 e. The number of alkyl halides is 1. The predicted octanol–water partition coefficient (Wildman–Crippen LogP) is 3.05. The molecule has 1 unspecified atom stereocenters. The number of hydrogen-bond acceptors (Lipinski definition) is 1. The van der Waals surface area contributed by atoms with Crippen LogP contribution in [0.5, 0.6) is 0 Å². The highest BCUT2D eigenvalue weighted by atomic mass is 79.9. The Morgan fingerprint density at radius 2 is 1.94 bits per heavy atom. The van der Waals surface area contributed by atoms with Crippen molar-refractivity contribution >= 4 is 27.5 Å². The van der Waals surface area contributed by atoms with Gasteiger partial charge >= 0.3 is 0 Å². The summed E-state index contributed by atoms with van der Waals surface area (Å²) in [5.74, 6) is 0.697. The third kappa shape index (κ3) is 2.29. The zero-order valence-corrected chi connectivity index (χ0v) is 11.3. The topological polar surface area (TPSA) is 20.3 Å². The number of halogens is 1. The highest BCUT2D eigenvalue weighted by Crippen LogP contribution is 2.27. The van der Waals surface area contributed by atoms with E-state index < -0.39 is 0 Å². The molecule has 16 heavy (non-hydrogen) atoms. The van der Waals surface area contributed by atoms with E-state index in [1.807, 2.05) is 4.90 Å². The molecule has 3 heteroatoms. The normalized spacial score (nSPS) is 20.6. The Morgan fingerprint density at radius 1 is 1.31 bits per heavy atom. The summed E-state index contributed by atoms with van der Waals surface area (Å²) in [7, 11) is 0. The third-order valence-corrected chi connectivity index (χ3v) is 3.86. The highest BCUT2D eigenvalue weighted by Gasteiger charge is 2.29. The lowest BCUT2D eigenvalue weighted by Gasteiger charge is -2.17. The number of benzene rings is 1. The van der Waals surface area contributed by atoms with E-state index in [0.717, 1.165) is 17.6 Å². The first-order valence-electron chi connectivity index (χ1n) is 5.55. The van der Waals surface area contributed by atoms with Crippen LogP contribution in [0.25, 0.3) is 0 Å².